The van der Waals surface area contributed by atoms with Crippen molar-refractivity contribution in [3.63, 3.8) is 0 Å². The smallest absolute Gasteiger partial charge is 0.358 e. The van der Waals surface area contributed by atoms with E-state index in [1.165, 1.54) is 16.9 Å². The van der Waals surface area contributed by atoms with E-state index in [0.29, 0.717) is 0 Å². The average Bonchev–Trinajstić information content (AvgIpc) is 3.04. The molecular formula is C18H22N2O3S. The van der Waals surface area contributed by atoms with Gasteiger partial charge in [-0.2, -0.15) is 0 Å². The molecule has 0 fully saturated rings. The molecule has 5 nitrogen and oxygen atoms in total. The van der Waals surface area contributed by atoms with E-state index in [-0.39, 0.29) is 17.6 Å². The second kappa shape index (κ2) is 8.06. The molecule has 0 aliphatic rings. The number of ether oxygens (including phenoxy) is 1. The van der Waals surface area contributed by atoms with Gasteiger partial charge in [0.05, 0.1) is 0 Å². The van der Waals surface area contributed by atoms with E-state index in [1.54, 1.807) is 12.3 Å². The highest BCUT2D eigenvalue weighted by atomic mass is 32.1. The van der Waals surface area contributed by atoms with Crippen LogP contribution >= 0.6 is 11.3 Å². The van der Waals surface area contributed by atoms with Crippen LogP contribution in [0.5, 0.6) is 0 Å². The summed E-state index contributed by atoms with van der Waals surface area (Å²) in [5, 5.41) is 5.11. The zero-order chi connectivity index (χ0) is 17.7. The van der Waals surface area contributed by atoms with E-state index in [2.05, 4.69) is 17.2 Å². The van der Waals surface area contributed by atoms with Crippen molar-refractivity contribution in [3.8, 4) is 10.6 Å². The number of hydrogen-bond donors (Lipinski definition) is 1. The van der Waals surface area contributed by atoms with Gasteiger partial charge in [0, 0.05) is 17.0 Å². The van der Waals surface area contributed by atoms with Crippen molar-refractivity contribution >= 4 is 23.2 Å². The Kier molecular flexibility index (Phi) is 6.09. The molecule has 0 radical (unpaired) electrons. The third-order valence-electron chi connectivity index (χ3n) is 3.41. The van der Waals surface area contributed by atoms with Crippen LogP contribution in [-0.4, -0.2) is 29.0 Å². The zero-order valence-electron chi connectivity index (χ0n) is 14.3. The summed E-state index contributed by atoms with van der Waals surface area (Å²) in [5.41, 5.74) is 2.43. The van der Waals surface area contributed by atoms with Gasteiger partial charge in [0.25, 0.3) is 5.91 Å². The van der Waals surface area contributed by atoms with E-state index in [9.17, 15) is 9.59 Å². The number of thiazole rings is 1. The number of carbonyl (C=O) groups is 2. The number of esters is 1. The molecule has 2 aromatic rings. The van der Waals surface area contributed by atoms with Gasteiger partial charge >= 0.3 is 5.97 Å². The molecule has 0 spiro atoms. The summed E-state index contributed by atoms with van der Waals surface area (Å²) < 4.78 is 5.18. The van der Waals surface area contributed by atoms with Crippen molar-refractivity contribution in [2.24, 2.45) is 0 Å². The summed E-state index contributed by atoms with van der Waals surface area (Å²) in [6.07, 6.45) is 0.125. The minimum atomic E-state index is -0.853. The number of aromatic nitrogens is 1. The third-order valence-corrected chi connectivity index (χ3v) is 4.30. The van der Waals surface area contributed by atoms with Crippen LogP contribution in [0.15, 0.2) is 29.6 Å². The molecule has 0 aliphatic carbocycles. The molecule has 0 aliphatic heterocycles. The zero-order valence-corrected chi connectivity index (χ0v) is 15.1. The molecule has 1 N–H and O–H groups in total. The fourth-order valence-corrected chi connectivity index (χ4v) is 2.85. The Morgan fingerprint density at radius 3 is 2.46 bits per heavy atom. The molecule has 0 unspecified atom stereocenters. The molecule has 1 aromatic carbocycles. The van der Waals surface area contributed by atoms with Gasteiger partial charge in [-0.05, 0) is 32.8 Å². The van der Waals surface area contributed by atoms with Crippen molar-refractivity contribution in [2.75, 3.05) is 0 Å². The first-order chi connectivity index (χ1) is 11.4. The lowest BCUT2D eigenvalue weighted by molar-refractivity contribution is -0.129. The topological polar surface area (TPSA) is 68.3 Å². The van der Waals surface area contributed by atoms with Gasteiger partial charge in [0.15, 0.2) is 11.8 Å². The van der Waals surface area contributed by atoms with E-state index >= 15 is 0 Å². The monoisotopic (exact) mass is 346 g/mol. The molecule has 1 aromatic heterocycles. The van der Waals surface area contributed by atoms with Crippen LogP contribution in [-0.2, 0) is 16.0 Å². The predicted molar refractivity (Wildman–Crippen MR) is 95.1 cm³/mol. The van der Waals surface area contributed by atoms with Crippen LogP contribution in [0.1, 0.15) is 43.7 Å². The Morgan fingerprint density at radius 1 is 1.21 bits per heavy atom. The highest BCUT2D eigenvalue weighted by Gasteiger charge is 2.21. The van der Waals surface area contributed by atoms with E-state index in [1.807, 2.05) is 38.1 Å². The van der Waals surface area contributed by atoms with Crippen LogP contribution in [0, 0.1) is 0 Å². The number of nitrogens with zero attached hydrogens (tertiary/aromatic N) is 1. The second-order valence-corrected chi connectivity index (χ2v) is 6.66. The van der Waals surface area contributed by atoms with E-state index < -0.39 is 12.1 Å². The van der Waals surface area contributed by atoms with Gasteiger partial charge < -0.3 is 10.1 Å². The van der Waals surface area contributed by atoms with Gasteiger partial charge in [-0.25, -0.2) is 9.78 Å². The first-order valence-corrected chi connectivity index (χ1v) is 8.84. The number of nitrogens with one attached hydrogen (secondary N) is 1. The van der Waals surface area contributed by atoms with Gasteiger partial charge in [0.2, 0.25) is 0 Å². The Bertz CT molecular complexity index is 707. The Hall–Kier alpha value is -2.21. The molecule has 0 saturated carbocycles. The maximum Gasteiger partial charge on any atom is 0.358 e. The Labute approximate surface area is 146 Å². The predicted octanol–water partition coefficient (Wildman–Crippen LogP) is 3.44. The summed E-state index contributed by atoms with van der Waals surface area (Å²) >= 11 is 1.38. The minimum Gasteiger partial charge on any atom is -0.448 e. The summed E-state index contributed by atoms with van der Waals surface area (Å²) in [6, 6.07) is 8.08. The van der Waals surface area contributed by atoms with Gasteiger partial charge in [0.1, 0.15) is 5.01 Å². The fourth-order valence-electron chi connectivity index (χ4n) is 2.06. The van der Waals surface area contributed by atoms with Crippen molar-refractivity contribution in [2.45, 2.75) is 46.3 Å². The second-order valence-electron chi connectivity index (χ2n) is 5.80. The van der Waals surface area contributed by atoms with E-state index in [4.69, 9.17) is 4.74 Å². The van der Waals surface area contributed by atoms with Crippen molar-refractivity contribution in [1.29, 1.82) is 0 Å². The summed E-state index contributed by atoms with van der Waals surface area (Å²) in [4.78, 5) is 28.3. The molecule has 1 amide bonds. The van der Waals surface area contributed by atoms with Crippen LogP contribution in [0.4, 0.5) is 0 Å². The lowest BCUT2D eigenvalue weighted by atomic mass is 10.1. The molecular weight excluding hydrogens is 324 g/mol. The summed E-state index contributed by atoms with van der Waals surface area (Å²) in [7, 11) is 0. The molecule has 0 bridgehead atoms. The first kappa shape index (κ1) is 18.1. The number of aryl methyl sites for hydroxylation is 1. The van der Waals surface area contributed by atoms with Crippen molar-refractivity contribution < 1.29 is 14.3 Å². The van der Waals surface area contributed by atoms with E-state index in [0.717, 1.165) is 17.0 Å². The van der Waals surface area contributed by atoms with Crippen LogP contribution in [0.25, 0.3) is 10.6 Å². The molecule has 0 saturated heterocycles. The molecule has 6 heteroatoms. The Morgan fingerprint density at radius 2 is 1.88 bits per heavy atom. The fraction of sp³-hybridized carbons (Fsp3) is 0.389. The maximum atomic E-state index is 12.1. The quantitative estimate of drug-likeness (QED) is 0.814. The number of amides is 1. The summed E-state index contributed by atoms with van der Waals surface area (Å²) in [6.45, 7) is 7.35. The maximum absolute atomic E-state index is 12.1. The molecule has 1 atom stereocenters. The molecule has 1 heterocycles. The highest BCUT2D eigenvalue weighted by Crippen LogP contribution is 2.24. The summed E-state index contributed by atoms with van der Waals surface area (Å²) in [5.74, 6) is -0.905. The largest absolute Gasteiger partial charge is 0.448 e. The lowest BCUT2D eigenvalue weighted by Gasteiger charge is -2.14. The lowest BCUT2D eigenvalue weighted by Crippen LogP contribution is -2.39. The Balaban J connectivity index is 2.03. The standard InChI is InChI=1S/C18H22N2O3S/c1-5-13-6-8-14(9-7-13)17-20-15(10-24-17)18(22)23-12(4)16(21)19-11(2)3/h6-12H,5H2,1-4H3,(H,19,21)/t12-/m1/s1. The normalized spacial score (nSPS) is 12.0. The molecule has 128 valence electrons. The minimum absolute atomic E-state index is 0.00406. The van der Waals surface area contributed by atoms with Gasteiger partial charge in [-0.3, -0.25) is 4.79 Å². The number of rotatable bonds is 6. The van der Waals surface area contributed by atoms with Crippen molar-refractivity contribution in [1.82, 2.24) is 10.3 Å². The van der Waals surface area contributed by atoms with Crippen LogP contribution in [0.2, 0.25) is 0 Å². The highest BCUT2D eigenvalue weighted by molar-refractivity contribution is 7.13. The molecule has 24 heavy (non-hydrogen) atoms. The van der Waals surface area contributed by atoms with Crippen LogP contribution in [0.3, 0.4) is 0 Å². The number of carbonyl (C=O) groups excluding carboxylic acids is 2. The SMILES string of the molecule is CCc1ccc(-c2nc(C(=O)O[C@H](C)C(=O)NC(C)C)cs2)cc1. The average molecular weight is 346 g/mol. The van der Waals surface area contributed by atoms with Gasteiger partial charge in [-0.1, -0.05) is 31.2 Å². The first-order valence-electron chi connectivity index (χ1n) is 7.97. The number of hydrogen-bond acceptors (Lipinski definition) is 5. The molecule has 2 rings (SSSR count). The van der Waals surface area contributed by atoms with Gasteiger partial charge in [-0.15, -0.1) is 11.3 Å². The number of benzene rings is 1. The van der Waals surface area contributed by atoms with Crippen molar-refractivity contribution in [3.05, 3.63) is 40.9 Å². The third kappa shape index (κ3) is 4.64. The van der Waals surface area contributed by atoms with Crippen LogP contribution < -0.4 is 5.32 Å².